The van der Waals surface area contributed by atoms with Gasteiger partial charge in [-0.3, -0.25) is 9.59 Å². The number of anilines is 1. The lowest BCUT2D eigenvalue weighted by Crippen LogP contribution is -2.63. The summed E-state index contributed by atoms with van der Waals surface area (Å²) in [7, 11) is 0. The zero-order valence-electron chi connectivity index (χ0n) is 11.0. The highest BCUT2D eigenvalue weighted by Gasteiger charge is 2.40. The minimum atomic E-state index is -0.823. The lowest BCUT2D eigenvalue weighted by molar-refractivity contribution is -0.133. The molecule has 0 aromatic heterocycles. The molecular weight excluding hydrogens is 266 g/mol. The molecule has 5 nitrogen and oxygen atoms in total. The largest absolute Gasteiger partial charge is 0.399 e. The van der Waals surface area contributed by atoms with Crippen molar-refractivity contribution >= 4 is 29.9 Å². The Labute approximate surface area is 118 Å². The summed E-state index contributed by atoms with van der Waals surface area (Å²) < 4.78 is 0. The predicted molar refractivity (Wildman–Crippen MR) is 76.2 cm³/mol. The van der Waals surface area contributed by atoms with Crippen LogP contribution in [0.2, 0.25) is 0 Å². The lowest BCUT2D eigenvalue weighted by Gasteiger charge is -2.41. The normalized spacial score (nSPS) is 17.4. The fraction of sp³-hybridized carbons (Fsp3) is 0.385. The number of nitrogen functional groups attached to an aromatic ring is 1. The van der Waals surface area contributed by atoms with Crippen molar-refractivity contribution in [2.45, 2.75) is 19.4 Å². The second kappa shape index (κ2) is 5.48. The maximum absolute atomic E-state index is 12.4. The summed E-state index contributed by atoms with van der Waals surface area (Å²) in [5.74, 6) is -0.271. The van der Waals surface area contributed by atoms with Crippen molar-refractivity contribution in [3.63, 3.8) is 0 Å². The summed E-state index contributed by atoms with van der Waals surface area (Å²) >= 11 is 0. The summed E-state index contributed by atoms with van der Waals surface area (Å²) in [6, 6.07) is 6.73. The number of benzene rings is 1. The van der Waals surface area contributed by atoms with Gasteiger partial charge in [-0.15, -0.1) is 12.4 Å². The van der Waals surface area contributed by atoms with Crippen LogP contribution in [0.5, 0.6) is 0 Å². The molecule has 1 aromatic rings. The number of carbonyl (C=O) groups is 2. The number of amides is 2. The van der Waals surface area contributed by atoms with Crippen molar-refractivity contribution in [1.29, 1.82) is 0 Å². The molecule has 6 heteroatoms. The molecule has 0 spiro atoms. The molecule has 104 valence electrons. The molecule has 1 aromatic carbocycles. The van der Waals surface area contributed by atoms with Crippen molar-refractivity contribution in [2.24, 2.45) is 0 Å². The zero-order valence-corrected chi connectivity index (χ0v) is 11.8. The summed E-state index contributed by atoms with van der Waals surface area (Å²) in [4.78, 5) is 25.8. The van der Waals surface area contributed by atoms with E-state index in [0.29, 0.717) is 24.3 Å². The fourth-order valence-electron chi connectivity index (χ4n) is 2.04. The van der Waals surface area contributed by atoms with Crippen LogP contribution in [0.15, 0.2) is 24.3 Å². The van der Waals surface area contributed by atoms with E-state index in [4.69, 9.17) is 5.73 Å². The van der Waals surface area contributed by atoms with E-state index in [1.54, 1.807) is 43.0 Å². The molecule has 0 radical (unpaired) electrons. The van der Waals surface area contributed by atoms with Crippen molar-refractivity contribution in [1.82, 2.24) is 10.2 Å². The van der Waals surface area contributed by atoms with E-state index >= 15 is 0 Å². The number of halogens is 1. The molecule has 0 saturated carbocycles. The minimum Gasteiger partial charge on any atom is -0.399 e. The topological polar surface area (TPSA) is 75.4 Å². The van der Waals surface area contributed by atoms with Crippen molar-refractivity contribution < 1.29 is 9.59 Å². The Hall–Kier alpha value is -1.75. The Bertz CT molecular complexity index is 485. The first-order chi connectivity index (χ1) is 8.43. The van der Waals surface area contributed by atoms with Crippen LogP contribution in [-0.2, 0) is 4.79 Å². The highest BCUT2D eigenvalue weighted by atomic mass is 35.5. The van der Waals surface area contributed by atoms with Gasteiger partial charge in [0, 0.05) is 24.3 Å². The number of nitrogens with zero attached hydrogens (tertiary/aromatic N) is 1. The van der Waals surface area contributed by atoms with Crippen LogP contribution >= 0.6 is 12.4 Å². The van der Waals surface area contributed by atoms with Crippen LogP contribution in [0.25, 0.3) is 0 Å². The van der Waals surface area contributed by atoms with Crippen molar-refractivity contribution in [3.8, 4) is 0 Å². The van der Waals surface area contributed by atoms with E-state index < -0.39 is 5.54 Å². The summed E-state index contributed by atoms with van der Waals surface area (Å²) in [5, 5.41) is 2.76. The highest BCUT2D eigenvalue weighted by Crippen LogP contribution is 2.21. The molecule has 19 heavy (non-hydrogen) atoms. The second-order valence-corrected chi connectivity index (χ2v) is 4.89. The van der Waals surface area contributed by atoms with Gasteiger partial charge in [-0.2, -0.15) is 0 Å². The first-order valence-corrected chi connectivity index (χ1v) is 5.89. The van der Waals surface area contributed by atoms with Crippen LogP contribution in [0.1, 0.15) is 24.2 Å². The quantitative estimate of drug-likeness (QED) is 0.756. The van der Waals surface area contributed by atoms with Crippen molar-refractivity contribution in [2.75, 3.05) is 18.8 Å². The number of carbonyl (C=O) groups excluding carboxylic acids is 2. The third kappa shape index (κ3) is 2.81. The molecule has 3 N–H and O–H groups in total. The number of rotatable bonds is 1. The molecule has 1 fully saturated rings. The molecule has 0 atom stereocenters. The van der Waals surface area contributed by atoms with Crippen molar-refractivity contribution in [3.05, 3.63) is 29.8 Å². The van der Waals surface area contributed by atoms with E-state index in [1.807, 2.05) is 0 Å². The van der Waals surface area contributed by atoms with E-state index in [0.717, 1.165) is 0 Å². The highest BCUT2D eigenvalue weighted by molar-refractivity contribution is 5.99. The Morgan fingerprint density at radius 1 is 1.32 bits per heavy atom. The van der Waals surface area contributed by atoms with Gasteiger partial charge in [0.05, 0.1) is 0 Å². The first-order valence-electron chi connectivity index (χ1n) is 5.89. The Balaban J connectivity index is 0.00000180. The third-order valence-electron chi connectivity index (χ3n) is 3.25. The van der Waals surface area contributed by atoms with E-state index in [-0.39, 0.29) is 24.2 Å². The molecule has 2 rings (SSSR count). The van der Waals surface area contributed by atoms with Gasteiger partial charge in [-0.05, 0) is 38.1 Å². The summed E-state index contributed by atoms with van der Waals surface area (Å²) in [6.45, 7) is 4.50. The molecule has 0 unspecified atom stereocenters. The number of hydrogen-bond donors (Lipinski definition) is 2. The third-order valence-corrected chi connectivity index (χ3v) is 3.25. The monoisotopic (exact) mass is 283 g/mol. The smallest absolute Gasteiger partial charge is 0.254 e. The van der Waals surface area contributed by atoms with E-state index in [2.05, 4.69) is 5.32 Å². The lowest BCUT2D eigenvalue weighted by atomic mass is 9.97. The summed E-state index contributed by atoms with van der Waals surface area (Å²) in [6.07, 6.45) is 0. The van der Waals surface area contributed by atoms with Crippen LogP contribution in [0.3, 0.4) is 0 Å². The maximum Gasteiger partial charge on any atom is 0.254 e. The average Bonchev–Trinajstić information content (AvgIpc) is 2.33. The van der Waals surface area contributed by atoms with Crippen LogP contribution in [0.4, 0.5) is 5.69 Å². The van der Waals surface area contributed by atoms with Gasteiger partial charge in [0.15, 0.2) is 0 Å². The van der Waals surface area contributed by atoms with Gasteiger partial charge in [0.25, 0.3) is 5.91 Å². The average molecular weight is 284 g/mol. The van der Waals surface area contributed by atoms with Gasteiger partial charge in [0.2, 0.25) is 5.91 Å². The zero-order chi connectivity index (χ0) is 13.3. The molecule has 0 aliphatic carbocycles. The van der Waals surface area contributed by atoms with Gasteiger partial charge < -0.3 is 16.0 Å². The van der Waals surface area contributed by atoms with Crippen LogP contribution < -0.4 is 11.1 Å². The SMILES string of the molecule is CC1(C)C(=O)NCCN1C(=O)c1ccc(N)cc1.Cl. The van der Waals surface area contributed by atoms with Gasteiger partial charge in [-0.1, -0.05) is 0 Å². The maximum atomic E-state index is 12.4. The Morgan fingerprint density at radius 2 is 1.89 bits per heavy atom. The Morgan fingerprint density at radius 3 is 2.47 bits per heavy atom. The van der Waals surface area contributed by atoms with E-state index in [1.165, 1.54) is 0 Å². The van der Waals surface area contributed by atoms with Crippen LogP contribution in [0, 0.1) is 0 Å². The molecule has 2 amide bonds. The van der Waals surface area contributed by atoms with E-state index in [9.17, 15) is 9.59 Å². The van der Waals surface area contributed by atoms with Gasteiger partial charge in [-0.25, -0.2) is 0 Å². The number of hydrogen-bond acceptors (Lipinski definition) is 3. The van der Waals surface area contributed by atoms with Gasteiger partial charge >= 0.3 is 0 Å². The molecule has 1 saturated heterocycles. The minimum absolute atomic E-state index is 0. The summed E-state index contributed by atoms with van der Waals surface area (Å²) in [5.41, 5.74) is 5.93. The Kier molecular flexibility index (Phi) is 4.42. The number of nitrogens with two attached hydrogens (primary N) is 1. The molecule has 1 heterocycles. The number of piperazine rings is 1. The predicted octanol–water partition coefficient (Wildman–Crippen LogP) is 1.04. The standard InChI is InChI=1S/C13H17N3O2.ClH/c1-13(2)12(18)15-7-8-16(13)11(17)9-3-5-10(14)6-4-9;/h3-6H,7-8,14H2,1-2H3,(H,15,18);1H. The van der Waals surface area contributed by atoms with Gasteiger partial charge in [0.1, 0.15) is 5.54 Å². The fourth-order valence-corrected chi connectivity index (χ4v) is 2.04. The molecule has 1 aliphatic rings. The van der Waals surface area contributed by atoms with Crippen LogP contribution in [-0.4, -0.2) is 35.3 Å². The number of nitrogens with one attached hydrogen (secondary N) is 1. The molecular formula is C13H18ClN3O2. The molecule has 1 aliphatic heterocycles. The second-order valence-electron chi connectivity index (χ2n) is 4.89. The first kappa shape index (κ1) is 15.3. The molecule has 0 bridgehead atoms.